The maximum absolute atomic E-state index is 12.6. The van der Waals surface area contributed by atoms with Gasteiger partial charge in [0.05, 0.1) is 26.2 Å². The summed E-state index contributed by atoms with van der Waals surface area (Å²) in [6, 6.07) is 1.51. The maximum atomic E-state index is 12.6. The second-order valence-electron chi connectivity index (χ2n) is 9.21. The van der Waals surface area contributed by atoms with Crippen LogP contribution >= 0.6 is 0 Å². The predicted octanol–water partition coefficient (Wildman–Crippen LogP) is -2.29. The molecule has 0 bridgehead atoms. The molecule has 1 aliphatic rings. The van der Waals surface area contributed by atoms with Crippen molar-refractivity contribution in [2.45, 2.75) is 20.0 Å². The Morgan fingerprint density at radius 1 is 0.750 bits per heavy atom. The summed E-state index contributed by atoms with van der Waals surface area (Å²) in [6.45, 7) is 3.17. The van der Waals surface area contributed by atoms with E-state index in [9.17, 15) is 44.4 Å². The van der Waals surface area contributed by atoms with Gasteiger partial charge in [0.15, 0.2) is 5.75 Å². The number of aliphatic carboxylic acids is 3. The molecule has 1 fully saturated rings. The van der Waals surface area contributed by atoms with Crippen molar-refractivity contribution in [1.82, 2.24) is 24.2 Å². The van der Waals surface area contributed by atoms with Crippen molar-refractivity contribution in [1.29, 1.82) is 0 Å². The standard InChI is InChI=1S/C24H37N5O10.In/c1-2-39-22(36)17-29-4-3-18(23(37)24(29)38)13-25-5-7-26(14-19(30)31)9-11-28(16-21(34)35)12-10-27(8-6-25)15-20(32)33;/h3-4,37H,2,5-17H2,1H3,(H,30,31)(H,32,33)(H,34,35);/i;1-4. The van der Waals surface area contributed by atoms with E-state index in [1.54, 1.807) is 21.6 Å². The van der Waals surface area contributed by atoms with Crippen LogP contribution < -0.4 is 5.56 Å². The van der Waals surface area contributed by atoms with Gasteiger partial charge in [-0.05, 0) is 13.0 Å². The Morgan fingerprint density at radius 2 is 1.15 bits per heavy atom. The van der Waals surface area contributed by atoms with E-state index >= 15 is 0 Å². The first-order valence-corrected chi connectivity index (χ1v) is 12.6. The normalized spacial score (nSPS) is 16.7. The summed E-state index contributed by atoms with van der Waals surface area (Å²) in [7, 11) is 0. The Balaban J connectivity index is 0.00000800. The molecular weight excluding hydrogens is 629 g/mol. The minimum atomic E-state index is -1.04. The van der Waals surface area contributed by atoms with E-state index in [0.29, 0.717) is 31.7 Å². The molecule has 221 valence electrons. The number of aromatic nitrogens is 1. The van der Waals surface area contributed by atoms with Crippen LogP contribution in [0.2, 0.25) is 0 Å². The van der Waals surface area contributed by atoms with E-state index in [1.165, 1.54) is 12.3 Å². The number of carbonyl (C=O) groups is 4. The molecule has 1 saturated heterocycles. The molecule has 15 nitrogen and oxygen atoms in total. The second kappa shape index (κ2) is 17.9. The van der Waals surface area contributed by atoms with Crippen molar-refractivity contribution in [3.8, 4) is 5.75 Å². The van der Waals surface area contributed by atoms with Gasteiger partial charge < -0.3 is 29.7 Å². The number of aromatic hydroxyl groups is 1. The van der Waals surface area contributed by atoms with Gasteiger partial charge in [-0.3, -0.25) is 43.6 Å². The van der Waals surface area contributed by atoms with Gasteiger partial charge in [0.2, 0.25) is 0 Å². The van der Waals surface area contributed by atoms with Crippen molar-refractivity contribution in [2.24, 2.45) is 0 Å². The molecule has 0 aromatic carbocycles. The number of ether oxygens (including phenoxy) is 1. The molecule has 1 aromatic rings. The van der Waals surface area contributed by atoms with Crippen LogP contribution in [0, 0.1) is 0 Å². The first-order chi connectivity index (χ1) is 18.5. The van der Waals surface area contributed by atoms with E-state index in [-0.39, 0.29) is 91.4 Å². The van der Waals surface area contributed by atoms with Crippen LogP contribution in [0.1, 0.15) is 12.5 Å². The molecule has 0 atom stereocenters. The topological polar surface area (TPSA) is 193 Å². The molecule has 2 rings (SSSR count). The van der Waals surface area contributed by atoms with E-state index in [4.69, 9.17) is 4.74 Å². The third-order valence-electron chi connectivity index (χ3n) is 6.23. The summed E-state index contributed by atoms with van der Waals surface area (Å²) in [5.74, 6) is -4.24. The fourth-order valence-corrected chi connectivity index (χ4v) is 4.22. The Hall–Kier alpha value is -2.66. The number of hydrogen-bond donors (Lipinski definition) is 4. The fraction of sp³-hybridized carbons (Fsp3) is 0.625. The van der Waals surface area contributed by atoms with E-state index in [2.05, 4.69) is 0 Å². The van der Waals surface area contributed by atoms with Gasteiger partial charge in [-0.1, -0.05) is 0 Å². The molecule has 0 saturated carbocycles. The van der Waals surface area contributed by atoms with Crippen LogP contribution in [0.15, 0.2) is 17.1 Å². The zero-order chi connectivity index (χ0) is 28.9. The van der Waals surface area contributed by atoms with E-state index in [1.807, 2.05) is 4.90 Å². The first-order valence-electron chi connectivity index (χ1n) is 12.6. The summed E-state index contributed by atoms with van der Waals surface area (Å²) < 4.78 is 5.89. The van der Waals surface area contributed by atoms with Gasteiger partial charge in [-0.25, -0.2) is 0 Å². The molecule has 16 heteroatoms. The molecular formula is C24H37InN5O10. The van der Waals surface area contributed by atoms with Crippen molar-refractivity contribution < 1.29 is 44.3 Å². The fourth-order valence-electron chi connectivity index (χ4n) is 4.22. The van der Waals surface area contributed by atoms with Crippen molar-refractivity contribution in [3.63, 3.8) is 0 Å². The number of pyridine rings is 1. The largest absolute Gasteiger partial charge is 0.503 e. The second-order valence-corrected chi connectivity index (χ2v) is 9.21. The predicted molar refractivity (Wildman–Crippen MR) is 142 cm³/mol. The molecule has 0 amide bonds. The van der Waals surface area contributed by atoms with Crippen LogP contribution in [0.25, 0.3) is 0 Å². The van der Waals surface area contributed by atoms with Gasteiger partial charge in [-0.15, -0.1) is 0 Å². The maximum Gasteiger partial charge on any atom is 0.326 e. The number of esters is 1. The molecule has 4 N–H and O–H groups in total. The zero-order valence-electron chi connectivity index (χ0n) is 22.6. The van der Waals surface area contributed by atoms with Crippen LogP contribution in [-0.2, 0) is 37.0 Å². The third kappa shape index (κ3) is 12.7. The molecule has 0 unspecified atom stereocenters. The Bertz CT molecular complexity index is 1040. The molecule has 1 aromatic heterocycles. The minimum absolute atomic E-state index is 0. The number of carboxylic acid groups (broad SMARTS) is 3. The van der Waals surface area contributed by atoms with Gasteiger partial charge in [0.1, 0.15) is 6.54 Å². The number of nitrogens with zero attached hydrogens (tertiary/aromatic N) is 5. The van der Waals surface area contributed by atoms with Crippen LogP contribution in [0.4, 0.5) is 0 Å². The number of rotatable bonds is 11. The third-order valence-corrected chi connectivity index (χ3v) is 6.23. The quantitative estimate of drug-likeness (QED) is 0.185. The average molecular weight is 666 g/mol. The van der Waals surface area contributed by atoms with Crippen LogP contribution in [0.3, 0.4) is 0 Å². The summed E-state index contributed by atoms with van der Waals surface area (Å²) in [5, 5.41) is 38.5. The van der Waals surface area contributed by atoms with Gasteiger partial charge in [0, 0.05) is 96.5 Å². The molecule has 3 radical (unpaired) electrons. The minimum Gasteiger partial charge on any atom is -0.503 e. The number of carboxylic acids is 3. The van der Waals surface area contributed by atoms with Crippen LogP contribution in [-0.4, -0.2) is 173 Å². The summed E-state index contributed by atoms with van der Waals surface area (Å²) in [4.78, 5) is 65.4. The van der Waals surface area contributed by atoms with Crippen molar-refractivity contribution >= 4 is 49.7 Å². The van der Waals surface area contributed by atoms with Crippen LogP contribution in [0.5, 0.6) is 5.75 Å². The molecule has 1 aliphatic heterocycles. The zero-order valence-corrected chi connectivity index (χ0v) is 25.9. The SMILES string of the molecule is CCOC(=O)Cn1ccc(CN2CCN(CC(=O)O)CCN(CC(=O)O)CCN(CC(=O)O)CC2)c(O)c1=O.[111In]. The molecule has 2 heterocycles. The summed E-state index contributed by atoms with van der Waals surface area (Å²) in [5.41, 5.74) is -0.456. The van der Waals surface area contributed by atoms with E-state index < -0.39 is 35.2 Å². The smallest absolute Gasteiger partial charge is 0.326 e. The number of carbonyl (C=O) groups excluding carboxylic acids is 1. The first kappa shape index (κ1) is 35.4. The Morgan fingerprint density at radius 3 is 1.52 bits per heavy atom. The molecule has 40 heavy (non-hydrogen) atoms. The number of hydrogen-bond acceptors (Lipinski definition) is 11. The summed E-state index contributed by atoms with van der Waals surface area (Å²) >= 11 is 0. The molecule has 0 spiro atoms. The van der Waals surface area contributed by atoms with Gasteiger partial charge in [0.25, 0.3) is 5.56 Å². The Labute approximate surface area is 250 Å². The van der Waals surface area contributed by atoms with Crippen molar-refractivity contribution in [2.75, 3.05) is 78.6 Å². The monoisotopic (exact) mass is 666 g/mol. The van der Waals surface area contributed by atoms with Gasteiger partial charge in [-0.2, -0.15) is 0 Å². The summed E-state index contributed by atoms with van der Waals surface area (Å²) in [6.07, 6.45) is 1.38. The van der Waals surface area contributed by atoms with Gasteiger partial charge >= 0.3 is 23.9 Å². The molecule has 0 aliphatic carbocycles. The van der Waals surface area contributed by atoms with Crippen molar-refractivity contribution in [3.05, 3.63) is 28.2 Å². The Kier molecular flexibility index (Phi) is 15.8. The average Bonchev–Trinajstić information content (AvgIpc) is 2.84. The van der Waals surface area contributed by atoms with E-state index in [0.717, 1.165) is 4.57 Å².